The summed E-state index contributed by atoms with van der Waals surface area (Å²) in [4.78, 5) is 12.8. The number of hydrogen-bond acceptors (Lipinski definition) is 4. The molecule has 4 rings (SSSR count). The number of carbonyl (C=O) groups excluding carboxylic acids is 1. The first-order valence-corrected chi connectivity index (χ1v) is 10.5. The lowest BCUT2D eigenvalue weighted by Crippen LogP contribution is -2.24. The van der Waals surface area contributed by atoms with Gasteiger partial charge in [-0.2, -0.15) is 0 Å². The summed E-state index contributed by atoms with van der Waals surface area (Å²) >= 11 is 1.70. The van der Waals surface area contributed by atoms with Gasteiger partial charge in [0.2, 0.25) is 0 Å². The molecular weight excluding hydrogens is 397 g/mol. The first-order chi connectivity index (χ1) is 14.3. The van der Waals surface area contributed by atoms with E-state index in [1.807, 2.05) is 32.9 Å². The largest absolute Gasteiger partial charge is 0.456 e. The maximum absolute atomic E-state index is 13.3. The Balaban J connectivity index is 1.75. The lowest BCUT2D eigenvalue weighted by atomic mass is 10.0. The zero-order chi connectivity index (χ0) is 21.3. The van der Waals surface area contributed by atoms with Crippen LogP contribution in [0.3, 0.4) is 0 Å². The molecule has 3 nitrogen and oxygen atoms in total. The molecule has 0 amide bonds. The standard InChI is InChI=1S/C25H22FNO2S/c1-25(2,3)29-24(28)21-10-4-17(16-5-11-23-18(14-16)12-13-30-23)15-22(21)27-20-8-6-19(26)7-9-20/h4-15,27H,1-3H3. The minimum absolute atomic E-state index is 0.314. The predicted octanol–water partition coefficient (Wildman–Crippen LogP) is 7.41. The topological polar surface area (TPSA) is 38.3 Å². The number of anilines is 2. The number of halogens is 1. The van der Waals surface area contributed by atoms with Crippen LogP contribution in [0.5, 0.6) is 0 Å². The molecular formula is C25H22FNO2S. The van der Waals surface area contributed by atoms with E-state index in [4.69, 9.17) is 4.74 Å². The molecule has 0 aliphatic carbocycles. The quantitative estimate of drug-likeness (QED) is 0.350. The lowest BCUT2D eigenvalue weighted by molar-refractivity contribution is 0.00708. The maximum Gasteiger partial charge on any atom is 0.340 e. The van der Waals surface area contributed by atoms with Crippen molar-refractivity contribution in [3.63, 3.8) is 0 Å². The number of hydrogen-bond donors (Lipinski definition) is 1. The average Bonchev–Trinajstić information content (AvgIpc) is 3.16. The van der Waals surface area contributed by atoms with Crippen molar-refractivity contribution in [1.82, 2.24) is 0 Å². The molecule has 1 aromatic heterocycles. The van der Waals surface area contributed by atoms with Gasteiger partial charge in [0.05, 0.1) is 11.3 Å². The van der Waals surface area contributed by atoms with Crippen molar-refractivity contribution in [2.45, 2.75) is 26.4 Å². The van der Waals surface area contributed by atoms with E-state index in [1.54, 1.807) is 29.5 Å². The lowest BCUT2D eigenvalue weighted by Gasteiger charge is -2.21. The van der Waals surface area contributed by atoms with Crippen LogP contribution in [-0.2, 0) is 4.74 Å². The number of nitrogens with one attached hydrogen (secondary N) is 1. The van der Waals surface area contributed by atoms with E-state index in [9.17, 15) is 9.18 Å². The highest BCUT2D eigenvalue weighted by molar-refractivity contribution is 7.17. The van der Waals surface area contributed by atoms with Gasteiger partial charge in [-0.1, -0.05) is 12.1 Å². The maximum atomic E-state index is 13.3. The summed E-state index contributed by atoms with van der Waals surface area (Å²) in [6.45, 7) is 5.51. The van der Waals surface area contributed by atoms with Gasteiger partial charge in [0, 0.05) is 10.4 Å². The van der Waals surface area contributed by atoms with E-state index in [1.165, 1.54) is 22.2 Å². The number of ether oxygens (including phenoxy) is 1. The van der Waals surface area contributed by atoms with Crippen molar-refractivity contribution in [2.24, 2.45) is 0 Å². The van der Waals surface area contributed by atoms with Crippen molar-refractivity contribution < 1.29 is 13.9 Å². The molecule has 0 saturated heterocycles. The van der Waals surface area contributed by atoms with E-state index in [2.05, 4.69) is 35.0 Å². The minimum Gasteiger partial charge on any atom is -0.456 e. The molecule has 0 atom stereocenters. The van der Waals surface area contributed by atoms with Crippen molar-refractivity contribution in [2.75, 3.05) is 5.32 Å². The van der Waals surface area contributed by atoms with Crippen LogP contribution in [0.25, 0.3) is 21.2 Å². The molecule has 1 N–H and O–H groups in total. The molecule has 3 aromatic carbocycles. The van der Waals surface area contributed by atoms with Crippen molar-refractivity contribution in [1.29, 1.82) is 0 Å². The molecule has 0 saturated carbocycles. The van der Waals surface area contributed by atoms with Crippen LogP contribution in [-0.4, -0.2) is 11.6 Å². The average molecular weight is 420 g/mol. The van der Waals surface area contributed by atoms with Gasteiger partial charge in [-0.05, 0) is 97.3 Å². The second-order valence-electron chi connectivity index (χ2n) is 8.07. The van der Waals surface area contributed by atoms with E-state index in [-0.39, 0.29) is 5.82 Å². The van der Waals surface area contributed by atoms with E-state index in [0.717, 1.165) is 11.1 Å². The number of rotatable bonds is 4. The van der Waals surface area contributed by atoms with Crippen molar-refractivity contribution in [3.05, 3.63) is 83.5 Å². The first kappa shape index (κ1) is 20.1. The third-order valence-corrected chi connectivity index (χ3v) is 5.45. The van der Waals surface area contributed by atoms with Gasteiger partial charge in [0.15, 0.2) is 0 Å². The number of esters is 1. The molecule has 1 heterocycles. The molecule has 0 fully saturated rings. The first-order valence-electron chi connectivity index (χ1n) is 9.66. The van der Waals surface area contributed by atoms with Crippen LogP contribution in [0.2, 0.25) is 0 Å². The van der Waals surface area contributed by atoms with Gasteiger partial charge >= 0.3 is 5.97 Å². The molecule has 0 aliphatic rings. The summed E-state index contributed by atoms with van der Waals surface area (Å²) < 4.78 is 20.1. The highest BCUT2D eigenvalue weighted by Gasteiger charge is 2.21. The molecule has 0 bridgehead atoms. The number of carbonyl (C=O) groups is 1. The van der Waals surface area contributed by atoms with Crippen LogP contribution >= 0.6 is 11.3 Å². The van der Waals surface area contributed by atoms with E-state index < -0.39 is 11.6 Å². The Kier molecular flexibility index (Phi) is 5.31. The Hall–Kier alpha value is -3.18. The zero-order valence-electron chi connectivity index (χ0n) is 17.0. The molecule has 0 unspecified atom stereocenters. The highest BCUT2D eigenvalue weighted by Crippen LogP contribution is 2.32. The highest BCUT2D eigenvalue weighted by atomic mass is 32.1. The van der Waals surface area contributed by atoms with Gasteiger partial charge in [0.1, 0.15) is 11.4 Å². The molecule has 152 valence electrons. The molecule has 4 aromatic rings. The summed E-state index contributed by atoms with van der Waals surface area (Å²) in [6, 6.07) is 20.1. The van der Waals surface area contributed by atoms with Gasteiger partial charge < -0.3 is 10.1 Å². The fourth-order valence-corrected chi connectivity index (χ4v) is 3.94. The predicted molar refractivity (Wildman–Crippen MR) is 122 cm³/mol. The van der Waals surface area contributed by atoms with E-state index >= 15 is 0 Å². The normalized spacial score (nSPS) is 11.5. The Labute approximate surface area is 179 Å². The van der Waals surface area contributed by atoms with Crippen molar-refractivity contribution in [3.8, 4) is 11.1 Å². The minimum atomic E-state index is -0.604. The zero-order valence-corrected chi connectivity index (χ0v) is 17.8. The van der Waals surface area contributed by atoms with Crippen LogP contribution in [0.1, 0.15) is 31.1 Å². The Morgan fingerprint density at radius 1 is 0.933 bits per heavy atom. The fraction of sp³-hybridized carbons (Fsp3) is 0.160. The summed E-state index contributed by atoms with van der Waals surface area (Å²) in [6.07, 6.45) is 0. The monoisotopic (exact) mass is 419 g/mol. The SMILES string of the molecule is CC(C)(C)OC(=O)c1ccc(-c2ccc3sccc3c2)cc1Nc1ccc(F)cc1. The Bertz CT molecular complexity index is 1210. The van der Waals surface area contributed by atoms with Gasteiger partial charge in [0.25, 0.3) is 0 Å². The summed E-state index contributed by atoms with van der Waals surface area (Å²) in [5, 5.41) is 6.50. The third kappa shape index (κ3) is 4.52. The molecule has 30 heavy (non-hydrogen) atoms. The van der Waals surface area contributed by atoms with Crippen molar-refractivity contribution >= 4 is 38.8 Å². The van der Waals surface area contributed by atoms with Crippen LogP contribution in [0, 0.1) is 5.82 Å². The summed E-state index contributed by atoms with van der Waals surface area (Å²) in [5.74, 6) is -0.724. The van der Waals surface area contributed by atoms with Crippen LogP contribution < -0.4 is 5.32 Å². The smallest absolute Gasteiger partial charge is 0.340 e. The Morgan fingerprint density at radius 3 is 2.37 bits per heavy atom. The third-order valence-electron chi connectivity index (χ3n) is 4.55. The van der Waals surface area contributed by atoms with Gasteiger partial charge in [-0.15, -0.1) is 11.3 Å². The summed E-state index contributed by atoms with van der Waals surface area (Å²) in [5.41, 5.74) is 3.14. The second-order valence-corrected chi connectivity index (χ2v) is 9.02. The second kappa shape index (κ2) is 7.92. The molecule has 0 aliphatic heterocycles. The number of benzene rings is 3. The molecule has 0 radical (unpaired) electrons. The van der Waals surface area contributed by atoms with Gasteiger partial charge in [-0.3, -0.25) is 0 Å². The number of fused-ring (bicyclic) bond motifs is 1. The van der Waals surface area contributed by atoms with Crippen LogP contribution in [0.15, 0.2) is 72.1 Å². The molecule has 5 heteroatoms. The summed E-state index contributed by atoms with van der Waals surface area (Å²) in [7, 11) is 0. The van der Waals surface area contributed by atoms with E-state index in [0.29, 0.717) is 16.9 Å². The fourth-order valence-electron chi connectivity index (χ4n) is 3.17. The molecule has 0 spiro atoms. The number of thiophene rings is 1. The van der Waals surface area contributed by atoms with Crippen LogP contribution in [0.4, 0.5) is 15.8 Å². The Morgan fingerprint density at radius 2 is 1.63 bits per heavy atom. The van der Waals surface area contributed by atoms with Gasteiger partial charge in [-0.25, -0.2) is 9.18 Å².